The number of anilines is 1. The number of nitrogens with two attached hydrogens (primary N) is 1. The predicted octanol–water partition coefficient (Wildman–Crippen LogP) is 3.77. The molecular formula is C12H4F6N6O4S. The van der Waals surface area contributed by atoms with Gasteiger partial charge in [0.15, 0.2) is 5.69 Å². The number of benzene rings is 1. The van der Waals surface area contributed by atoms with Crippen LogP contribution in [0.3, 0.4) is 0 Å². The lowest BCUT2D eigenvalue weighted by atomic mass is 10.1. The average Bonchev–Trinajstić information content (AvgIpc) is 2.87. The maximum Gasteiger partial charge on any atom is 0.446 e. The Morgan fingerprint density at radius 1 is 1.10 bits per heavy atom. The molecule has 0 spiro atoms. The lowest BCUT2D eigenvalue weighted by Gasteiger charge is -2.11. The molecule has 10 nitrogen and oxygen atoms in total. The Labute approximate surface area is 158 Å². The number of hydrogen-bond donors (Lipinski definition) is 1. The van der Waals surface area contributed by atoms with Crippen molar-refractivity contribution in [2.75, 3.05) is 5.73 Å². The first-order chi connectivity index (χ1) is 13.2. The van der Waals surface area contributed by atoms with Crippen molar-refractivity contribution in [1.82, 2.24) is 9.78 Å². The minimum atomic E-state index is -5.21. The molecule has 1 aromatic heterocycles. The van der Waals surface area contributed by atoms with E-state index < -0.39 is 72.3 Å². The highest BCUT2D eigenvalue weighted by Crippen LogP contribution is 2.45. The number of nitrogens with zero attached hydrogens (tertiary/aromatic N) is 5. The molecular weight excluding hydrogens is 438 g/mol. The van der Waals surface area contributed by atoms with Crippen LogP contribution in [0.1, 0.15) is 11.3 Å². The molecule has 0 atom stereocenters. The number of alkyl halides is 6. The monoisotopic (exact) mass is 442 g/mol. The van der Waals surface area contributed by atoms with Crippen molar-refractivity contribution in [3.05, 3.63) is 43.6 Å². The lowest BCUT2D eigenvalue weighted by molar-refractivity contribution is -0.394. The molecule has 2 rings (SSSR count). The van der Waals surface area contributed by atoms with Crippen LogP contribution in [-0.2, 0) is 6.18 Å². The van der Waals surface area contributed by atoms with Gasteiger partial charge in [0.1, 0.15) is 11.9 Å². The first-order valence-electron chi connectivity index (χ1n) is 6.76. The van der Waals surface area contributed by atoms with Crippen LogP contribution >= 0.6 is 11.8 Å². The fourth-order valence-electron chi connectivity index (χ4n) is 2.14. The van der Waals surface area contributed by atoms with E-state index in [1.807, 2.05) is 0 Å². The van der Waals surface area contributed by atoms with E-state index in [-0.39, 0.29) is 16.8 Å². The maximum absolute atomic E-state index is 12.9. The molecule has 0 aliphatic rings. The summed E-state index contributed by atoms with van der Waals surface area (Å²) in [5.74, 6) is -1.06. The second-order valence-electron chi connectivity index (χ2n) is 5.01. The zero-order valence-electron chi connectivity index (χ0n) is 13.3. The quantitative estimate of drug-likeness (QED) is 0.325. The largest absolute Gasteiger partial charge is 0.446 e. The third-order valence-corrected chi connectivity index (χ3v) is 4.04. The molecule has 0 saturated heterocycles. The SMILES string of the molecule is N#Cc1nn(-c2c([N+](=O)[O-])cc(C(F)(F)F)cc2[N+](=O)[O-])c(N)c1SC(F)(F)F. The van der Waals surface area contributed by atoms with Crippen molar-refractivity contribution in [3.8, 4) is 11.8 Å². The Morgan fingerprint density at radius 3 is 1.93 bits per heavy atom. The van der Waals surface area contributed by atoms with Crippen molar-refractivity contribution in [1.29, 1.82) is 5.26 Å². The summed E-state index contributed by atoms with van der Waals surface area (Å²) in [4.78, 5) is 18.6. The van der Waals surface area contributed by atoms with Crippen LogP contribution in [0.2, 0.25) is 0 Å². The van der Waals surface area contributed by atoms with E-state index in [1.165, 1.54) is 6.07 Å². The smallest absolute Gasteiger partial charge is 0.383 e. The first-order valence-corrected chi connectivity index (χ1v) is 7.57. The van der Waals surface area contributed by atoms with E-state index in [0.29, 0.717) is 0 Å². The molecule has 0 bridgehead atoms. The second kappa shape index (κ2) is 7.12. The van der Waals surface area contributed by atoms with Gasteiger partial charge in [-0.1, -0.05) is 0 Å². The Kier molecular flexibility index (Phi) is 5.34. The van der Waals surface area contributed by atoms with Gasteiger partial charge in [0, 0.05) is 12.1 Å². The van der Waals surface area contributed by atoms with Gasteiger partial charge < -0.3 is 5.73 Å². The summed E-state index contributed by atoms with van der Waals surface area (Å²) in [7, 11) is 0. The second-order valence-corrected chi connectivity index (χ2v) is 6.08. The molecule has 0 aliphatic heterocycles. The molecule has 154 valence electrons. The van der Waals surface area contributed by atoms with Crippen molar-refractivity contribution in [2.24, 2.45) is 0 Å². The number of aromatic nitrogens is 2. The number of thioether (sulfide) groups is 1. The average molecular weight is 442 g/mol. The summed E-state index contributed by atoms with van der Waals surface area (Å²) in [5.41, 5.74) is -6.54. The molecule has 29 heavy (non-hydrogen) atoms. The van der Waals surface area contributed by atoms with Crippen LogP contribution in [0, 0.1) is 31.6 Å². The highest BCUT2D eigenvalue weighted by molar-refractivity contribution is 8.00. The van der Waals surface area contributed by atoms with Crippen molar-refractivity contribution < 1.29 is 36.2 Å². The zero-order valence-corrected chi connectivity index (χ0v) is 14.1. The number of halogens is 6. The molecule has 1 aromatic carbocycles. The van der Waals surface area contributed by atoms with Gasteiger partial charge in [-0.2, -0.15) is 36.7 Å². The third kappa shape index (κ3) is 4.31. The molecule has 1 heterocycles. The molecule has 2 aromatic rings. The van der Waals surface area contributed by atoms with Crippen LogP contribution in [0.15, 0.2) is 17.0 Å². The molecule has 0 unspecified atom stereocenters. The van der Waals surface area contributed by atoms with Crippen LogP contribution in [-0.4, -0.2) is 25.1 Å². The minimum absolute atomic E-state index is 0.0586. The van der Waals surface area contributed by atoms with Crippen LogP contribution in [0.4, 0.5) is 43.5 Å². The van der Waals surface area contributed by atoms with Gasteiger partial charge in [0.2, 0.25) is 5.69 Å². The van der Waals surface area contributed by atoms with Gasteiger partial charge >= 0.3 is 23.1 Å². The van der Waals surface area contributed by atoms with Crippen molar-refractivity contribution in [2.45, 2.75) is 16.6 Å². The van der Waals surface area contributed by atoms with E-state index in [9.17, 15) is 46.6 Å². The summed E-state index contributed by atoms with van der Waals surface area (Å²) in [6, 6.07) is 1.10. The number of nitrogen functional groups attached to an aromatic ring is 1. The molecule has 2 N–H and O–H groups in total. The number of hydrogen-bond acceptors (Lipinski definition) is 8. The van der Waals surface area contributed by atoms with Crippen molar-refractivity contribution in [3.63, 3.8) is 0 Å². The summed E-state index contributed by atoms with van der Waals surface area (Å²) in [6.07, 6.45) is -5.21. The predicted molar refractivity (Wildman–Crippen MR) is 82.9 cm³/mol. The van der Waals surface area contributed by atoms with Gasteiger partial charge in [0.25, 0.3) is 0 Å². The normalized spacial score (nSPS) is 11.9. The van der Waals surface area contributed by atoms with Gasteiger partial charge in [-0.3, -0.25) is 20.2 Å². The van der Waals surface area contributed by atoms with Gasteiger partial charge in [0.05, 0.1) is 20.3 Å². The highest BCUT2D eigenvalue weighted by atomic mass is 32.2. The summed E-state index contributed by atoms with van der Waals surface area (Å²) in [6.45, 7) is 0. The Hall–Kier alpha value is -3.55. The topological polar surface area (TPSA) is 154 Å². The van der Waals surface area contributed by atoms with Crippen molar-refractivity contribution >= 4 is 29.0 Å². The van der Waals surface area contributed by atoms with Gasteiger partial charge in [-0.15, -0.1) is 0 Å². The number of nitriles is 1. The van der Waals surface area contributed by atoms with Crippen LogP contribution in [0.25, 0.3) is 5.69 Å². The number of rotatable bonds is 4. The summed E-state index contributed by atoms with van der Waals surface area (Å²) < 4.78 is 76.9. The Morgan fingerprint density at radius 2 is 1.59 bits per heavy atom. The standard InChI is InChI=1S/C12H4F6N6O4S/c13-11(14,15)4-1-6(23(25)26)8(7(2-4)24(27)28)22-10(20)9(5(3-19)21-22)29-12(16,17)18/h1-2H,20H2. The van der Waals surface area contributed by atoms with E-state index in [2.05, 4.69) is 5.10 Å². The number of nitro groups is 2. The molecule has 0 aliphatic carbocycles. The van der Waals surface area contributed by atoms with Gasteiger partial charge in [-0.25, -0.2) is 4.68 Å². The number of nitro benzene ring substituents is 2. The fraction of sp³-hybridized carbons (Fsp3) is 0.167. The molecule has 0 radical (unpaired) electrons. The summed E-state index contributed by atoms with van der Waals surface area (Å²) in [5, 5.41) is 34.7. The van der Waals surface area contributed by atoms with E-state index >= 15 is 0 Å². The fourth-order valence-corrected chi connectivity index (χ4v) is 2.75. The first kappa shape index (κ1) is 21.7. The Balaban J connectivity index is 2.93. The van der Waals surface area contributed by atoms with Crippen LogP contribution in [0.5, 0.6) is 0 Å². The van der Waals surface area contributed by atoms with E-state index in [0.717, 1.165) is 0 Å². The van der Waals surface area contributed by atoms with Crippen LogP contribution < -0.4 is 5.73 Å². The minimum Gasteiger partial charge on any atom is -0.383 e. The Bertz CT molecular complexity index is 1020. The zero-order chi connectivity index (χ0) is 22.3. The highest BCUT2D eigenvalue weighted by Gasteiger charge is 2.40. The van der Waals surface area contributed by atoms with E-state index in [1.54, 1.807) is 0 Å². The maximum atomic E-state index is 12.9. The molecule has 0 fully saturated rings. The third-order valence-electron chi connectivity index (χ3n) is 3.20. The van der Waals surface area contributed by atoms with E-state index in [4.69, 9.17) is 11.0 Å². The summed E-state index contributed by atoms with van der Waals surface area (Å²) >= 11 is -0.921. The van der Waals surface area contributed by atoms with Gasteiger partial charge in [-0.05, 0) is 11.8 Å². The molecule has 0 amide bonds. The lowest BCUT2D eigenvalue weighted by Crippen LogP contribution is -2.12. The molecule has 0 saturated carbocycles. The molecule has 17 heteroatoms.